The summed E-state index contributed by atoms with van der Waals surface area (Å²) in [6.07, 6.45) is 0. The second kappa shape index (κ2) is 12.7. The van der Waals surface area contributed by atoms with E-state index in [1.165, 1.54) is 29.2 Å². The molecule has 2 amide bonds. The average molecular weight is 577 g/mol. The fraction of sp³-hybridized carbons (Fsp3) is 0.286. The summed E-state index contributed by atoms with van der Waals surface area (Å²) in [4.78, 5) is 28.3. The number of hydrogen-bond acceptors (Lipinski definition) is 4. The highest BCUT2D eigenvalue weighted by Crippen LogP contribution is 2.35. The number of rotatable bonds is 10. The first-order valence-electron chi connectivity index (χ1n) is 12.1. The fourth-order valence-electron chi connectivity index (χ4n) is 3.88. The number of benzene rings is 3. The molecule has 3 aromatic carbocycles. The highest BCUT2D eigenvalue weighted by atomic mass is 35.5. The Morgan fingerprint density at radius 2 is 1.53 bits per heavy atom. The lowest BCUT2D eigenvalue weighted by atomic mass is 10.1. The molecule has 0 aromatic heterocycles. The van der Waals surface area contributed by atoms with E-state index >= 15 is 0 Å². The average Bonchev–Trinajstić information content (AvgIpc) is 2.88. The third-order valence-electron chi connectivity index (χ3n) is 6.01. The Morgan fingerprint density at radius 1 is 0.895 bits per heavy atom. The van der Waals surface area contributed by atoms with Crippen LogP contribution in [0.1, 0.15) is 31.9 Å². The molecule has 0 bridgehead atoms. The maximum atomic E-state index is 13.9. The van der Waals surface area contributed by atoms with E-state index in [1.807, 2.05) is 45.0 Å². The van der Waals surface area contributed by atoms with Gasteiger partial charge in [-0.1, -0.05) is 71.7 Å². The second-order valence-electron chi connectivity index (χ2n) is 9.19. The molecule has 0 aliphatic heterocycles. The predicted molar refractivity (Wildman–Crippen MR) is 152 cm³/mol. The van der Waals surface area contributed by atoms with Crippen LogP contribution in [0.5, 0.6) is 0 Å². The lowest BCUT2D eigenvalue weighted by Gasteiger charge is -2.33. The van der Waals surface area contributed by atoms with Crippen molar-refractivity contribution in [3.05, 3.63) is 94.0 Å². The van der Waals surface area contributed by atoms with E-state index in [-0.39, 0.29) is 39.1 Å². The monoisotopic (exact) mass is 575 g/mol. The maximum Gasteiger partial charge on any atom is 0.264 e. The molecule has 0 spiro atoms. The quantitative estimate of drug-likeness (QED) is 0.348. The molecule has 202 valence electrons. The van der Waals surface area contributed by atoms with Crippen molar-refractivity contribution in [3.8, 4) is 0 Å². The first kappa shape index (κ1) is 29.5. The summed E-state index contributed by atoms with van der Waals surface area (Å²) in [5.74, 6) is -0.921. The first-order valence-corrected chi connectivity index (χ1v) is 14.3. The van der Waals surface area contributed by atoms with Crippen LogP contribution < -0.4 is 9.62 Å². The molecule has 0 saturated heterocycles. The van der Waals surface area contributed by atoms with Crippen LogP contribution >= 0.6 is 23.2 Å². The molecule has 0 heterocycles. The number of carbonyl (C=O) groups is 2. The Kier molecular flexibility index (Phi) is 9.82. The molecule has 0 radical (unpaired) electrons. The van der Waals surface area contributed by atoms with Crippen LogP contribution in [0.2, 0.25) is 10.0 Å². The number of amides is 2. The Labute approximate surface area is 234 Å². The Hall–Kier alpha value is -3.07. The number of halogens is 2. The van der Waals surface area contributed by atoms with Gasteiger partial charge in [0.25, 0.3) is 10.0 Å². The molecule has 0 aliphatic rings. The van der Waals surface area contributed by atoms with Crippen LogP contribution in [-0.2, 0) is 26.2 Å². The summed E-state index contributed by atoms with van der Waals surface area (Å²) in [5.41, 5.74) is 1.84. The highest BCUT2D eigenvalue weighted by Gasteiger charge is 2.33. The molecule has 0 unspecified atom stereocenters. The Balaban J connectivity index is 2.08. The predicted octanol–water partition coefficient (Wildman–Crippen LogP) is 5.44. The van der Waals surface area contributed by atoms with Crippen molar-refractivity contribution in [2.24, 2.45) is 0 Å². The SMILES string of the molecule is Cc1ccccc1CN(C(=O)CN(c1cccc(Cl)c1Cl)S(=O)(=O)c1ccccc1)[C@@H](C)C(=O)NC(C)C. The molecule has 3 aromatic rings. The minimum Gasteiger partial charge on any atom is -0.352 e. The maximum absolute atomic E-state index is 13.9. The summed E-state index contributed by atoms with van der Waals surface area (Å²) in [6.45, 7) is 6.70. The third kappa shape index (κ3) is 6.87. The van der Waals surface area contributed by atoms with E-state index < -0.39 is 28.5 Å². The number of nitrogens with one attached hydrogen (secondary N) is 1. The van der Waals surface area contributed by atoms with Crippen LogP contribution in [-0.4, -0.2) is 43.8 Å². The van der Waals surface area contributed by atoms with E-state index in [0.29, 0.717) is 0 Å². The number of nitrogens with zero attached hydrogens (tertiary/aromatic N) is 2. The lowest BCUT2D eigenvalue weighted by molar-refractivity contribution is -0.139. The van der Waals surface area contributed by atoms with E-state index in [2.05, 4.69) is 5.32 Å². The molecule has 3 rings (SSSR count). The van der Waals surface area contributed by atoms with Gasteiger partial charge in [-0.25, -0.2) is 8.42 Å². The van der Waals surface area contributed by atoms with Gasteiger partial charge in [-0.05, 0) is 63.1 Å². The minimum absolute atomic E-state index is 0.00229. The number of aryl methyl sites for hydroxylation is 1. The largest absolute Gasteiger partial charge is 0.352 e. The van der Waals surface area contributed by atoms with Crippen molar-refractivity contribution < 1.29 is 18.0 Å². The zero-order chi connectivity index (χ0) is 28.0. The lowest BCUT2D eigenvalue weighted by Crippen LogP contribution is -2.52. The van der Waals surface area contributed by atoms with Gasteiger partial charge in [0.15, 0.2) is 0 Å². The van der Waals surface area contributed by atoms with Gasteiger partial charge in [0.1, 0.15) is 12.6 Å². The van der Waals surface area contributed by atoms with Crippen molar-refractivity contribution in [1.29, 1.82) is 0 Å². The molecular weight excluding hydrogens is 545 g/mol. The molecule has 1 atom stereocenters. The Morgan fingerprint density at radius 3 is 2.16 bits per heavy atom. The normalized spacial score (nSPS) is 12.2. The smallest absolute Gasteiger partial charge is 0.264 e. The second-order valence-corrected chi connectivity index (χ2v) is 11.8. The van der Waals surface area contributed by atoms with Gasteiger partial charge in [0, 0.05) is 12.6 Å². The molecular formula is C28H31Cl2N3O4S. The zero-order valence-electron chi connectivity index (χ0n) is 21.7. The molecule has 1 N–H and O–H groups in total. The van der Waals surface area contributed by atoms with Gasteiger partial charge < -0.3 is 10.2 Å². The standard InChI is InChI=1S/C28H31Cl2N3O4S/c1-19(2)31-28(35)21(4)32(17-22-12-9-8-11-20(22)3)26(34)18-33(25-16-10-15-24(29)27(25)30)38(36,37)23-13-6-5-7-14-23/h5-16,19,21H,17-18H2,1-4H3,(H,31,35)/t21-/m0/s1. The fourth-order valence-corrected chi connectivity index (χ4v) is 5.77. The van der Waals surface area contributed by atoms with Gasteiger partial charge in [-0.3, -0.25) is 13.9 Å². The van der Waals surface area contributed by atoms with E-state index in [0.717, 1.165) is 15.4 Å². The van der Waals surface area contributed by atoms with Crippen molar-refractivity contribution in [3.63, 3.8) is 0 Å². The van der Waals surface area contributed by atoms with Gasteiger partial charge in [0.2, 0.25) is 11.8 Å². The van der Waals surface area contributed by atoms with Crippen LogP contribution in [0.25, 0.3) is 0 Å². The summed E-state index contributed by atoms with van der Waals surface area (Å²) in [7, 11) is -4.23. The number of sulfonamides is 1. The van der Waals surface area contributed by atoms with Gasteiger partial charge >= 0.3 is 0 Å². The molecule has 7 nitrogen and oxygen atoms in total. The van der Waals surface area contributed by atoms with Crippen LogP contribution in [0.15, 0.2) is 77.7 Å². The van der Waals surface area contributed by atoms with Crippen molar-refractivity contribution in [1.82, 2.24) is 10.2 Å². The molecule has 10 heteroatoms. The topological polar surface area (TPSA) is 86.8 Å². The minimum atomic E-state index is -4.23. The number of carbonyl (C=O) groups excluding carboxylic acids is 2. The van der Waals surface area contributed by atoms with Crippen LogP contribution in [0.3, 0.4) is 0 Å². The van der Waals surface area contributed by atoms with Crippen LogP contribution in [0, 0.1) is 6.92 Å². The van der Waals surface area contributed by atoms with Crippen molar-refractivity contribution >= 4 is 50.7 Å². The summed E-state index contributed by atoms with van der Waals surface area (Å²) in [5, 5.41) is 2.98. The molecule has 0 saturated carbocycles. The first-order chi connectivity index (χ1) is 17.9. The Bertz CT molecular complexity index is 1400. The van der Waals surface area contributed by atoms with E-state index in [1.54, 1.807) is 31.2 Å². The van der Waals surface area contributed by atoms with Gasteiger partial charge in [0.05, 0.1) is 20.6 Å². The summed E-state index contributed by atoms with van der Waals surface area (Å²) < 4.78 is 28.5. The third-order valence-corrected chi connectivity index (χ3v) is 8.59. The summed E-state index contributed by atoms with van der Waals surface area (Å²) >= 11 is 12.7. The van der Waals surface area contributed by atoms with E-state index in [4.69, 9.17) is 23.2 Å². The number of hydrogen-bond donors (Lipinski definition) is 1. The van der Waals surface area contributed by atoms with Crippen molar-refractivity contribution in [2.75, 3.05) is 10.8 Å². The van der Waals surface area contributed by atoms with E-state index in [9.17, 15) is 18.0 Å². The van der Waals surface area contributed by atoms with Gasteiger partial charge in [-0.15, -0.1) is 0 Å². The number of anilines is 1. The molecule has 0 aliphatic carbocycles. The van der Waals surface area contributed by atoms with Crippen molar-refractivity contribution in [2.45, 2.75) is 51.2 Å². The zero-order valence-corrected chi connectivity index (χ0v) is 24.0. The molecule has 0 fully saturated rings. The summed E-state index contributed by atoms with van der Waals surface area (Å²) in [6, 6.07) is 18.8. The highest BCUT2D eigenvalue weighted by molar-refractivity contribution is 7.92. The van der Waals surface area contributed by atoms with Gasteiger partial charge in [-0.2, -0.15) is 0 Å². The van der Waals surface area contributed by atoms with Crippen LogP contribution in [0.4, 0.5) is 5.69 Å². The molecule has 38 heavy (non-hydrogen) atoms.